The Labute approximate surface area is 66.0 Å². The molecule has 0 saturated heterocycles. The zero-order valence-electron chi connectivity index (χ0n) is 5.86. The highest BCUT2D eigenvalue weighted by Crippen LogP contribution is 2.28. The summed E-state index contributed by atoms with van der Waals surface area (Å²) < 4.78 is -1.02. The van der Waals surface area contributed by atoms with Gasteiger partial charge in [0.25, 0.3) is 0 Å². The zero-order valence-corrected chi connectivity index (χ0v) is 7.37. The number of hydrogen-bond donors (Lipinski definition) is 1. The highest BCUT2D eigenvalue weighted by Gasteiger charge is 2.29. The van der Waals surface area contributed by atoms with Gasteiger partial charge < -0.3 is 5.11 Å². The Morgan fingerprint density at radius 3 is 1.67 bits per heavy atom. The molecular weight excluding hydrogens is 159 g/mol. The lowest BCUT2D eigenvalue weighted by Crippen LogP contribution is -2.32. The van der Waals surface area contributed by atoms with Gasteiger partial charge in [0.1, 0.15) is 4.33 Å². The summed E-state index contributed by atoms with van der Waals surface area (Å²) in [5.41, 5.74) is 0. The van der Waals surface area contributed by atoms with Gasteiger partial charge in [-0.3, -0.25) is 0 Å². The molecule has 0 aromatic heterocycles. The molecule has 3 heteroatoms. The fourth-order valence-corrected chi connectivity index (χ4v) is 1.09. The average molecular weight is 171 g/mol. The summed E-state index contributed by atoms with van der Waals surface area (Å²) in [4.78, 5) is 0. The fraction of sp³-hybridized carbons (Fsp3) is 1.00. The molecule has 1 nitrogen and oxygen atoms in total. The van der Waals surface area contributed by atoms with Crippen LogP contribution in [0.3, 0.4) is 0 Å². The van der Waals surface area contributed by atoms with E-state index in [2.05, 4.69) is 0 Å². The monoisotopic (exact) mass is 170 g/mol. The Morgan fingerprint density at radius 1 is 1.33 bits per heavy atom. The molecule has 0 spiro atoms. The Bertz CT molecular complexity index is 85.5. The van der Waals surface area contributed by atoms with E-state index in [1.807, 2.05) is 13.8 Å². The van der Waals surface area contributed by atoms with Crippen molar-refractivity contribution in [2.45, 2.75) is 31.2 Å². The Hall–Kier alpha value is 0.540. The predicted octanol–water partition coefficient (Wildman–Crippen LogP) is 2.20. The molecule has 0 saturated carbocycles. The van der Waals surface area contributed by atoms with Crippen molar-refractivity contribution in [2.24, 2.45) is 5.92 Å². The molecule has 1 unspecified atom stereocenters. The first kappa shape index (κ1) is 9.54. The van der Waals surface area contributed by atoms with E-state index < -0.39 is 10.4 Å². The van der Waals surface area contributed by atoms with Gasteiger partial charge >= 0.3 is 0 Å². The molecule has 0 aromatic carbocycles. The molecule has 0 aromatic rings. The Kier molecular flexibility index (Phi) is 3.27. The van der Waals surface area contributed by atoms with Crippen molar-refractivity contribution >= 4 is 23.2 Å². The summed E-state index contributed by atoms with van der Waals surface area (Å²) in [5.74, 6) is 0.102. The molecule has 0 rings (SSSR count). The van der Waals surface area contributed by atoms with Crippen LogP contribution >= 0.6 is 23.2 Å². The third-order valence-electron chi connectivity index (χ3n) is 1.15. The zero-order chi connectivity index (χ0) is 7.65. The third-order valence-corrected chi connectivity index (χ3v) is 1.60. The number of aliphatic hydroxyl groups excluding tert-OH is 1. The minimum atomic E-state index is -1.02. The minimum Gasteiger partial charge on any atom is -0.390 e. The summed E-state index contributed by atoms with van der Waals surface area (Å²) in [7, 11) is 0. The number of rotatable bonds is 2. The van der Waals surface area contributed by atoms with Gasteiger partial charge in [-0.25, -0.2) is 0 Å². The van der Waals surface area contributed by atoms with Gasteiger partial charge in [0.15, 0.2) is 0 Å². The summed E-state index contributed by atoms with van der Waals surface area (Å²) in [6, 6.07) is 0. The highest BCUT2D eigenvalue weighted by molar-refractivity contribution is 6.48. The van der Waals surface area contributed by atoms with E-state index >= 15 is 0 Å². The fourth-order valence-electron chi connectivity index (χ4n) is 0.585. The first-order chi connectivity index (χ1) is 3.85. The standard InChI is InChI=1S/C6H12Cl2O/c1-4(2)5(9)6(3,7)8/h4-5,9H,1-3H3. The van der Waals surface area contributed by atoms with Crippen LogP contribution in [0.2, 0.25) is 0 Å². The average Bonchev–Trinajstić information content (AvgIpc) is 1.62. The van der Waals surface area contributed by atoms with Crippen LogP contribution in [-0.2, 0) is 0 Å². The van der Waals surface area contributed by atoms with Crippen molar-refractivity contribution in [3.05, 3.63) is 0 Å². The summed E-state index contributed by atoms with van der Waals surface area (Å²) in [6.07, 6.45) is -0.652. The van der Waals surface area contributed by atoms with E-state index in [1.54, 1.807) is 6.92 Å². The molecule has 0 radical (unpaired) electrons. The van der Waals surface area contributed by atoms with Gasteiger partial charge in [0, 0.05) is 0 Å². The molecule has 0 aliphatic rings. The van der Waals surface area contributed by atoms with E-state index in [1.165, 1.54) is 0 Å². The largest absolute Gasteiger partial charge is 0.390 e. The maximum atomic E-state index is 9.20. The molecule has 9 heavy (non-hydrogen) atoms. The van der Waals surface area contributed by atoms with Crippen molar-refractivity contribution < 1.29 is 5.11 Å². The summed E-state index contributed by atoms with van der Waals surface area (Å²) >= 11 is 11.2. The van der Waals surface area contributed by atoms with Gasteiger partial charge in [0.2, 0.25) is 0 Å². The van der Waals surface area contributed by atoms with Crippen molar-refractivity contribution in [2.75, 3.05) is 0 Å². The molecule has 0 aliphatic heterocycles. The molecule has 0 aliphatic carbocycles. The maximum Gasteiger partial charge on any atom is 0.141 e. The topological polar surface area (TPSA) is 20.2 Å². The smallest absolute Gasteiger partial charge is 0.141 e. The van der Waals surface area contributed by atoms with Crippen molar-refractivity contribution in [1.29, 1.82) is 0 Å². The van der Waals surface area contributed by atoms with E-state index in [4.69, 9.17) is 23.2 Å². The van der Waals surface area contributed by atoms with Crippen LogP contribution in [0.5, 0.6) is 0 Å². The minimum absolute atomic E-state index is 0.102. The molecule has 1 N–H and O–H groups in total. The lowest BCUT2D eigenvalue weighted by molar-refractivity contribution is 0.113. The van der Waals surface area contributed by atoms with E-state index in [9.17, 15) is 5.11 Å². The number of halogens is 2. The Morgan fingerprint density at radius 2 is 1.67 bits per heavy atom. The molecule has 1 atom stereocenters. The van der Waals surface area contributed by atoms with Gasteiger partial charge in [-0.05, 0) is 12.8 Å². The summed E-state index contributed by atoms with van der Waals surface area (Å²) in [6.45, 7) is 5.32. The number of alkyl halides is 2. The second kappa shape index (κ2) is 3.09. The van der Waals surface area contributed by atoms with E-state index in [0.717, 1.165) is 0 Å². The van der Waals surface area contributed by atoms with Gasteiger partial charge in [-0.2, -0.15) is 0 Å². The normalized spacial score (nSPS) is 16.3. The van der Waals surface area contributed by atoms with Crippen molar-refractivity contribution in [3.8, 4) is 0 Å². The van der Waals surface area contributed by atoms with E-state index in [-0.39, 0.29) is 5.92 Å². The van der Waals surface area contributed by atoms with Crippen LogP contribution in [0, 0.1) is 5.92 Å². The van der Waals surface area contributed by atoms with Gasteiger partial charge in [0.05, 0.1) is 6.10 Å². The molecule has 0 amide bonds. The first-order valence-electron chi connectivity index (χ1n) is 2.91. The van der Waals surface area contributed by atoms with Crippen LogP contribution in [-0.4, -0.2) is 15.5 Å². The second-order valence-electron chi connectivity index (χ2n) is 2.65. The maximum absolute atomic E-state index is 9.20. The molecular formula is C6H12Cl2O. The lowest BCUT2D eigenvalue weighted by atomic mass is 10.1. The third kappa shape index (κ3) is 3.29. The SMILES string of the molecule is CC(C)C(O)C(C)(Cl)Cl. The molecule has 56 valence electrons. The number of aliphatic hydroxyl groups is 1. The molecule has 0 heterocycles. The highest BCUT2D eigenvalue weighted by atomic mass is 35.5. The predicted molar refractivity (Wildman–Crippen MR) is 41.0 cm³/mol. The van der Waals surface area contributed by atoms with Crippen LogP contribution in [0.15, 0.2) is 0 Å². The van der Waals surface area contributed by atoms with Crippen LogP contribution in [0.4, 0.5) is 0 Å². The second-order valence-corrected chi connectivity index (χ2v) is 4.41. The van der Waals surface area contributed by atoms with E-state index in [0.29, 0.717) is 0 Å². The van der Waals surface area contributed by atoms with Gasteiger partial charge in [-0.1, -0.05) is 37.0 Å². The first-order valence-corrected chi connectivity index (χ1v) is 3.67. The molecule has 0 fully saturated rings. The van der Waals surface area contributed by atoms with Crippen molar-refractivity contribution in [3.63, 3.8) is 0 Å². The van der Waals surface area contributed by atoms with Crippen LogP contribution in [0.25, 0.3) is 0 Å². The lowest BCUT2D eigenvalue weighted by Gasteiger charge is -2.23. The summed E-state index contributed by atoms with van der Waals surface area (Å²) in [5, 5.41) is 9.20. The van der Waals surface area contributed by atoms with Crippen molar-refractivity contribution in [1.82, 2.24) is 0 Å². The van der Waals surface area contributed by atoms with Crippen LogP contribution < -0.4 is 0 Å². The van der Waals surface area contributed by atoms with Gasteiger partial charge in [-0.15, -0.1) is 0 Å². The number of hydrogen-bond acceptors (Lipinski definition) is 1. The Balaban J connectivity index is 3.88. The quantitative estimate of drug-likeness (QED) is 0.631. The molecule has 0 bridgehead atoms. The van der Waals surface area contributed by atoms with Crippen LogP contribution in [0.1, 0.15) is 20.8 Å².